The fourth-order valence-corrected chi connectivity index (χ4v) is 4.23. The highest BCUT2D eigenvalue weighted by Gasteiger charge is 2.27. The molecule has 32 heavy (non-hydrogen) atoms. The summed E-state index contributed by atoms with van der Waals surface area (Å²) in [6.07, 6.45) is 0. The van der Waals surface area contributed by atoms with Gasteiger partial charge in [-0.1, -0.05) is 121 Å². The van der Waals surface area contributed by atoms with Gasteiger partial charge in [-0.3, -0.25) is 0 Å². The lowest BCUT2D eigenvalue weighted by Gasteiger charge is -2.22. The molecule has 0 bridgehead atoms. The van der Waals surface area contributed by atoms with Gasteiger partial charge in [0.25, 0.3) is 0 Å². The van der Waals surface area contributed by atoms with E-state index in [-0.39, 0.29) is 11.1 Å². The van der Waals surface area contributed by atoms with Crippen LogP contribution in [0.25, 0.3) is 44.5 Å². The Morgan fingerprint density at radius 2 is 0.500 bits per heavy atom. The lowest BCUT2D eigenvalue weighted by molar-refractivity contribution is 0.514. The van der Waals surface area contributed by atoms with Crippen molar-refractivity contribution in [3.63, 3.8) is 0 Å². The number of hydrogen-bond donors (Lipinski definition) is 0. The van der Waals surface area contributed by atoms with Crippen LogP contribution in [0.1, 0.15) is 0 Å². The quantitative estimate of drug-likeness (QED) is 0.274. The second-order valence-electron chi connectivity index (χ2n) is 7.59. The van der Waals surface area contributed by atoms with Crippen molar-refractivity contribution in [3.05, 3.63) is 133 Å². The van der Waals surface area contributed by atoms with E-state index >= 15 is 8.78 Å². The summed E-state index contributed by atoms with van der Waals surface area (Å²) in [5.74, 6) is -1.68. The van der Waals surface area contributed by atoms with Gasteiger partial charge in [-0.25, -0.2) is 8.78 Å². The Hall–Kier alpha value is -4.04. The zero-order valence-electron chi connectivity index (χ0n) is 17.3. The third-order valence-corrected chi connectivity index (χ3v) is 5.63. The molecule has 2 heteroatoms. The average molecular weight is 418 g/mol. The molecule has 0 atom stereocenters. The zero-order valence-corrected chi connectivity index (χ0v) is 17.3. The van der Waals surface area contributed by atoms with Crippen LogP contribution in [0, 0.1) is 11.6 Å². The molecule has 0 nitrogen and oxygen atoms in total. The molecule has 5 rings (SSSR count). The highest BCUT2D eigenvalue weighted by atomic mass is 19.2. The lowest BCUT2D eigenvalue weighted by Crippen LogP contribution is -2.02. The summed E-state index contributed by atoms with van der Waals surface area (Å²) in [6, 6.07) is 37.7. The summed E-state index contributed by atoms with van der Waals surface area (Å²) >= 11 is 0. The first-order valence-electron chi connectivity index (χ1n) is 10.5. The third-order valence-electron chi connectivity index (χ3n) is 5.63. The Morgan fingerprint density at radius 3 is 0.750 bits per heavy atom. The molecule has 0 aliphatic rings. The SMILES string of the molecule is Fc1c(F)c(-c2ccccc2)c(-c2ccccc2)c(-c2ccccc2)c1-c1ccccc1. The van der Waals surface area contributed by atoms with E-state index in [0.29, 0.717) is 22.3 Å². The molecule has 0 saturated carbocycles. The molecule has 0 radical (unpaired) electrons. The van der Waals surface area contributed by atoms with E-state index in [0.717, 1.165) is 11.1 Å². The summed E-state index contributed by atoms with van der Waals surface area (Å²) in [5.41, 5.74) is 4.85. The van der Waals surface area contributed by atoms with Crippen LogP contribution < -0.4 is 0 Å². The van der Waals surface area contributed by atoms with Gasteiger partial charge < -0.3 is 0 Å². The topological polar surface area (TPSA) is 0 Å². The van der Waals surface area contributed by atoms with Gasteiger partial charge in [0.1, 0.15) is 0 Å². The Balaban J connectivity index is 2.00. The van der Waals surface area contributed by atoms with Crippen molar-refractivity contribution in [2.75, 3.05) is 0 Å². The van der Waals surface area contributed by atoms with Gasteiger partial charge >= 0.3 is 0 Å². The molecule has 0 heterocycles. The van der Waals surface area contributed by atoms with Crippen LogP contribution in [0.3, 0.4) is 0 Å². The largest absolute Gasteiger partial charge is 0.203 e. The first kappa shape index (κ1) is 19.9. The smallest absolute Gasteiger partial charge is 0.167 e. The summed E-state index contributed by atoms with van der Waals surface area (Å²) in [4.78, 5) is 0. The Bertz CT molecular complexity index is 1240. The lowest BCUT2D eigenvalue weighted by atomic mass is 9.82. The maximum atomic E-state index is 15.9. The predicted molar refractivity (Wildman–Crippen MR) is 128 cm³/mol. The van der Waals surface area contributed by atoms with Crippen molar-refractivity contribution in [1.29, 1.82) is 0 Å². The Morgan fingerprint density at radius 1 is 0.281 bits per heavy atom. The van der Waals surface area contributed by atoms with E-state index < -0.39 is 11.6 Å². The fourth-order valence-electron chi connectivity index (χ4n) is 4.23. The fraction of sp³-hybridized carbons (Fsp3) is 0. The second-order valence-corrected chi connectivity index (χ2v) is 7.59. The van der Waals surface area contributed by atoms with Gasteiger partial charge in [-0.05, 0) is 22.3 Å². The van der Waals surface area contributed by atoms with Crippen molar-refractivity contribution in [2.24, 2.45) is 0 Å². The molecule has 154 valence electrons. The molecular weight excluding hydrogens is 398 g/mol. The minimum atomic E-state index is -0.839. The van der Waals surface area contributed by atoms with Crippen molar-refractivity contribution in [2.45, 2.75) is 0 Å². The maximum Gasteiger partial charge on any atom is 0.167 e. The molecule has 5 aromatic rings. The normalized spacial score (nSPS) is 10.8. The molecule has 0 amide bonds. The van der Waals surface area contributed by atoms with Crippen molar-refractivity contribution in [3.8, 4) is 44.5 Å². The maximum absolute atomic E-state index is 15.9. The van der Waals surface area contributed by atoms with Gasteiger partial charge in [0, 0.05) is 22.3 Å². The number of benzene rings is 5. The summed E-state index contributed by atoms with van der Waals surface area (Å²) in [7, 11) is 0. The summed E-state index contributed by atoms with van der Waals surface area (Å²) < 4.78 is 31.8. The average Bonchev–Trinajstić information content (AvgIpc) is 2.87. The first-order chi connectivity index (χ1) is 15.8. The minimum Gasteiger partial charge on any atom is -0.203 e. The number of halogens is 2. The van der Waals surface area contributed by atoms with Crippen LogP contribution in [0.5, 0.6) is 0 Å². The summed E-state index contributed by atoms with van der Waals surface area (Å²) in [5, 5.41) is 0. The van der Waals surface area contributed by atoms with E-state index in [9.17, 15) is 0 Å². The van der Waals surface area contributed by atoms with E-state index in [1.54, 1.807) is 0 Å². The zero-order chi connectivity index (χ0) is 21.9. The van der Waals surface area contributed by atoms with Gasteiger partial charge in [-0.15, -0.1) is 0 Å². The van der Waals surface area contributed by atoms with Gasteiger partial charge in [0.2, 0.25) is 0 Å². The van der Waals surface area contributed by atoms with Crippen molar-refractivity contribution >= 4 is 0 Å². The predicted octanol–water partition coefficient (Wildman–Crippen LogP) is 8.63. The molecule has 0 saturated heterocycles. The second kappa shape index (κ2) is 8.60. The van der Waals surface area contributed by atoms with Gasteiger partial charge in [-0.2, -0.15) is 0 Å². The Kier molecular flexibility index (Phi) is 5.35. The number of hydrogen-bond acceptors (Lipinski definition) is 0. The molecule has 0 fully saturated rings. The molecule has 0 spiro atoms. The van der Waals surface area contributed by atoms with E-state index in [2.05, 4.69) is 0 Å². The van der Waals surface area contributed by atoms with Crippen LogP contribution >= 0.6 is 0 Å². The molecule has 0 aliphatic heterocycles. The van der Waals surface area contributed by atoms with E-state index in [4.69, 9.17) is 0 Å². The van der Waals surface area contributed by atoms with Crippen LogP contribution in [-0.2, 0) is 0 Å². The van der Waals surface area contributed by atoms with Crippen LogP contribution in [0.4, 0.5) is 8.78 Å². The first-order valence-corrected chi connectivity index (χ1v) is 10.5. The van der Waals surface area contributed by atoms with E-state index in [1.165, 1.54) is 0 Å². The molecule has 0 aromatic heterocycles. The molecule has 0 unspecified atom stereocenters. The van der Waals surface area contributed by atoms with Crippen LogP contribution in [-0.4, -0.2) is 0 Å². The van der Waals surface area contributed by atoms with E-state index in [1.807, 2.05) is 121 Å². The molecule has 0 N–H and O–H groups in total. The monoisotopic (exact) mass is 418 g/mol. The highest BCUT2D eigenvalue weighted by molar-refractivity contribution is 6.02. The molecular formula is C30H20F2. The van der Waals surface area contributed by atoms with Gasteiger partial charge in [0.15, 0.2) is 11.6 Å². The minimum absolute atomic E-state index is 0.271. The van der Waals surface area contributed by atoms with Gasteiger partial charge in [0.05, 0.1) is 0 Å². The van der Waals surface area contributed by atoms with Crippen LogP contribution in [0.15, 0.2) is 121 Å². The number of rotatable bonds is 4. The van der Waals surface area contributed by atoms with Crippen molar-refractivity contribution < 1.29 is 8.78 Å². The van der Waals surface area contributed by atoms with Crippen LogP contribution in [0.2, 0.25) is 0 Å². The molecule has 0 aliphatic carbocycles. The molecule has 5 aromatic carbocycles. The third kappa shape index (κ3) is 3.50. The standard InChI is InChI=1S/C30H20F2/c31-29-27(23-17-9-3-10-18-23)25(21-13-5-1-6-14-21)26(22-15-7-2-8-16-22)28(30(29)32)24-19-11-4-12-20-24/h1-20H. The highest BCUT2D eigenvalue weighted by Crippen LogP contribution is 2.48. The summed E-state index contributed by atoms with van der Waals surface area (Å²) in [6.45, 7) is 0. The Labute approximate surface area is 186 Å². The van der Waals surface area contributed by atoms with Crippen molar-refractivity contribution in [1.82, 2.24) is 0 Å².